The Kier molecular flexibility index (Phi) is 4.56. The molecule has 0 bridgehead atoms. The predicted molar refractivity (Wildman–Crippen MR) is 102 cm³/mol. The maximum absolute atomic E-state index is 11.1. The average molecular weight is 357 g/mol. The van der Waals surface area contributed by atoms with Crippen molar-refractivity contribution in [1.29, 1.82) is 0 Å². The number of hydrazone groups is 1. The van der Waals surface area contributed by atoms with Crippen LogP contribution in [0.25, 0.3) is 0 Å². The van der Waals surface area contributed by atoms with E-state index in [1.807, 2.05) is 29.3 Å². The fraction of sp³-hybridized carbons (Fsp3) is 0.300. The minimum atomic E-state index is -0.936. The van der Waals surface area contributed by atoms with Crippen molar-refractivity contribution in [1.82, 2.24) is 0 Å². The molecule has 3 rings (SSSR count). The highest BCUT2D eigenvalue weighted by Gasteiger charge is 2.35. The Balaban J connectivity index is 2.03. The number of carbonyl (C=O) groups is 1. The SMILES string of the molecule is CC(C)(C)C1=NN(c2ccc(C(=O)O)cc2)C(c2ccccc2Cl)C1. The second-order valence-corrected chi connectivity index (χ2v) is 7.64. The van der Waals surface area contributed by atoms with E-state index in [0.717, 1.165) is 23.4 Å². The first-order chi connectivity index (χ1) is 11.8. The molecule has 5 heteroatoms. The lowest BCUT2D eigenvalue weighted by Crippen LogP contribution is -2.20. The Morgan fingerprint density at radius 2 is 1.80 bits per heavy atom. The molecule has 0 fully saturated rings. The zero-order valence-electron chi connectivity index (χ0n) is 14.5. The van der Waals surface area contributed by atoms with Gasteiger partial charge >= 0.3 is 5.97 Å². The number of nitrogens with zero attached hydrogens (tertiary/aromatic N) is 2. The first-order valence-corrected chi connectivity index (χ1v) is 8.60. The Hall–Kier alpha value is -2.33. The van der Waals surface area contributed by atoms with Gasteiger partial charge in [-0.15, -0.1) is 0 Å². The van der Waals surface area contributed by atoms with Crippen LogP contribution in [0.15, 0.2) is 53.6 Å². The van der Waals surface area contributed by atoms with Crippen molar-refractivity contribution in [3.8, 4) is 0 Å². The molecule has 1 aliphatic heterocycles. The summed E-state index contributed by atoms with van der Waals surface area (Å²) in [6, 6.07) is 14.6. The smallest absolute Gasteiger partial charge is 0.335 e. The number of carboxylic acid groups (broad SMARTS) is 1. The molecular weight excluding hydrogens is 336 g/mol. The summed E-state index contributed by atoms with van der Waals surface area (Å²) in [5, 5.41) is 16.6. The third-order valence-corrected chi connectivity index (χ3v) is 4.76. The van der Waals surface area contributed by atoms with Crippen molar-refractivity contribution >= 4 is 29.0 Å². The van der Waals surface area contributed by atoms with E-state index in [0.29, 0.717) is 5.02 Å². The van der Waals surface area contributed by atoms with Crippen LogP contribution in [0.3, 0.4) is 0 Å². The maximum Gasteiger partial charge on any atom is 0.335 e. The summed E-state index contributed by atoms with van der Waals surface area (Å²) in [5.41, 5.74) is 3.19. The van der Waals surface area contributed by atoms with E-state index in [4.69, 9.17) is 21.8 Å². The molecule has 2 aromatic rings. The Bertz CT molecular complexity index is 822. The second kappa shape index (κ2) is 6.52. The fourth-order valence-corrected chi connectivity index (χ4v) is 3.21. The van der Waals surface area contributed by atoms with Gasteiger partial charge in [0.05, 0.1) is 17.3 Å². The van der Waals surface area contributed by atoms with Crippen LogP contribution in [-0.2, 0) is 0 Å². The molecule has 4 nitrogen and oxygen atoms in total. The van der Waals surface area contributed by atoms with E-state index in [9.17, 15) is 4.79 Å². The van der Waals surface area contributed by atoms with Crippen LogP contribution in [0.2, 0.25) is 5.02 Å². The Morgan fingerprint density at radius 3 is 2.36 bits per heavy atom. The van der Waals surface area contributed by atoms with E-state index in [1.54, 1.807) is 24.3 Å². The number of anilines is 1. The number of benzene rings is 2. The van der Waals surface area contributed by atoms with Gasteiger partial charge in [0.1, 0.15) is 0 Å². The van der Waals surface area contributed by atoms with Gasteiger partial charge in [0.25, 0.3) is 0 Å². The molecular formula is C20H21ClN2O2. The van der Waals surface area contributed by atoms with Crippen LogP contribution in [0.1, 0.15) is 49.2 Å². The standard InChI is InChI=1S/C20H21ClN2O2/c1-20(2,3)18-12-17(15-6-4-5-7-16(15)21)23(22-18)14-10-8-13(9-11-14)19(24)25/h4-11,17H,12H2,1-3H3,(H,24,25). The van der Waals surface area contributed by atoms with Gasteiger partial charge in [0.2, 0.25) is 0 Å². The summed E-state index contributed by atoms with van der Waals surface area (Å²) in [5.74, 6) is -0.936. The molecule has 1 unspecified atom stereocenters. The zero-order chi connectivity index (χ0) is 18.2. The third-order valence-electron chi connectivity index (χ3n) is 4.42. The number of rotatable bonds is 3. The lowest BCUT2D eigenvalue weighted by Gasteiger charge is -2.25. The summed E-state index contributed by atoms with van der Waals surface area (Å²) in [7, 11) is 0. The van der Waals surface area contributed by atoms with E-state index in [1.165, 1.54) is 0 Å². The summed E-state index contributed by atoms with van der Waals surface area (Å²) in [6.07, 6.45) is 0.786. The number of hydrogen-bond donors (Lipinski definition) is 1. The molecule has 1 atom stereocenters. The second-order valence-electron chi connectivity index (χ2n) is 7.23. The third kappa shape index (κ3) is 3.54. The van der Waals surface area contributed by atoms with Gasteiger partial charge < -0.3 is 5.11 Å². The minimum Gasteiger partial charge on any atom is -0.478 e. The Labute approximate surface area is 152 Å². The van der Waals surface area contributed by atoms with Crippen LogP contribution in [0, 0.1) is 5.41 Å². The quantitative estimate of drug-likeness (QED) is 0.801. The topological polar surface area (TPSA) is 52.9 Å². The molecule has 25 heavy (non-hydrogen) atoms. The van der Waals surface area contributed by atoms with Gasteiger partial charge in [-0.25, -0.2) is 4.79 Å². The molecule has 0 radical (unpaired) electrons. The van der Waals surface area contributed by atoms with Crippen molar-refractivity contribution in [2.45, 2.75) is 33.2 Å². The van der Waals surface area contributed by atoms with Crippen molar-refractivity contribution in [2.75, 3.05) is 5.01 Å². The largest absolute Gasteiger partial charge is 0.478 e. The summed E-state index contributed by atoms with van der Waals surface area (Å²) >= 11 is 6.43. The zero-order valence-corrected chi connectivity index (χ0v) is 15.3. The molecule has 0 spiro atoms. The Morgan fingerprint density at radius 1 is 1.16 bits per heavy atom. The molecule has 130 valence electrons. The number of hydrogen-bond acceptors (Lipinski definition) is 3. The van der Waals surface area contributed by atoms with Gasteiger partial charge in [-0.05, 0) is 35.9 Å². The molecule has 1 aliphatic rings. The van der Waals surface area contributed by atoms with Crippen molar-refractivity contribution < 1.29 is 9.90 Å². The van der Waals surface area contributed by atoms with E-state index < -0.39 is 5.97 Å². The van der Waals surface area contributed by atoms with Crippen molar-refractivity contribution in [3.05, 3.63) is 64.7 Å². The molecule has 1 heterocycles. The highest BCUT2D eigenvalue weighted by atomic mass is 35.5. The number of halogens is 1. The summed E-state index contributed by atoms with van der Waals surface area (Å²) in [4.78, 5) is 11.1. The van der Waals surface area contributed by atoms with Crippen LogP contribution in [-0.4, -0.2) is 16.8 Å². The van der Waals surface area contributed by atoms with Gasteiger partial charge in [0, 0.05) is 22.6 Å². The molecule has 2 aromatic carbocycles. The van der Waals surface area contributed by atoms with Gasteiger partial charge in [-0.1, -0.05) is 50.6 Å². The van der Waals surface area contributed by atoms with E-state index in [-0.39, 0.29) is 17.0 Å². The van der Waals surface area contributed by atoms with Crippen LogP contribution >= 0.6 is 11.6 Å². The predicted octanol–water partition coefficient (Wildman–Crippen LogP) is 5.39. The lowest BCUT2D eigenvalue weighted by atomic mass is 9.86. The van der Waals surface area contributed by atoms with E-state index in [2.05, 4.69) is 20.8 Å². The maximum atomic E-state index is 11.1. The van der Waals surface area contributed by atoms with Gasteiger partial charge in [0.15, 0.2) is 0 Å². The van der Waals surface area contributed by atoms with Crippen molar-refractivity contribution in [3.63, 3.8) is 0 Å². The van der Waals surface area contributed by atoms with Crippen LogP contribution < -0.4 is 5.01 Å². The molecule has 1 N–H and O–H groups in total. The molecule has 0 amide bonds. The van der Waals surface area contributed by atoms with Gasteiger partial charge in [-0.2, -0.15) is 5.10 Å². The minimum absolute atomic E-state index is 0.00129. The first kappa shape index (κ1) is 17.5. The number of aromatic carboxylic acids is 1. The van der Waals surface area contributed by atoms with Gasteiger partial charge in [-0.3, -0.25) is 5.01 Å². The highest BCUT2D eigenvalue weighted by molar-refractivity contribution is 6.31. The lowest BCUT2D eigenvalue weighted by molar-refractivity contribution is 0.0697. The number of carboxylic acids is 1. The average Bonchev–Trinajstić information content (AvgIpc) is 3.00. The highest BCUT2D eigenvalue weighted by Crippen LogP contribution is 2.41. The monoisotopic (exact) mass is 356 g/mol. The van der Waals surface area contributed by atoms with E-state index >= 15 is 0 Å². The van der Waals surface area contributed by atoms with Crippen LogP contribution in [0.5, 0.6) is 0 Å². The normalized spacial score (nSPS) is 17.5. The van der Waals surface area contributed by atoms with Crippen molar-refractivity contribution in [2.24, 2.45) is 10.5 Å². The summed E-state index contributed by atoms with van der Waals surface area (Å²) < 4.78 is 0. The molecule has 0 saturated heterocycles. The summed E-state index contributed by atoms with van der Waals surface area (Å²) in [6.45, 7) is 6.44. The molecule has 0 saturated carbocycles. The molecule has 0 aliphatic carbocycles. The molecule has 0 aromatic heterocycles. The van der Waals surface area contributed by atoms with Crippen LogP contribution in [0.4, 0.5) is 5.69 Å². The fourth-order valence-electron chi connectivity index (χ4n) is 2.95. The first-order valence-electron chi connectivity index (χ1n) is 8.22.